The van der Waals surface area contributed by atoms with Gasteiger partial charge in [0, 0.05) is 23.9 Å². The molecule has 5 nitrogen and oxygen atoms in total. The molecule has 1 N–H and O–H groups in total. The summed E-state index contributed by atoms with van der Waals surface area (Å²) in [7, 11) is 0. The topological polar surface area (TPSA) is 72.2 Å². The molecule has 5 heteroatoms. The zero-order chi connectivity index (χ0) is 16.0. The van der Waals surface area contributed by atoms with Gasteiger partial charge in [-0.1, -0.05) is 26.2 Å². The molecule has 0 aliphatic rings. The van der Waals surface area contributed by atoms with Crippen molar-refractivity contribution in [3.63, 3.8) is 0 Å². The molecule has 0 radical (unpaired) electrons. The van der Waals surface area contributed by atoms with E-state index in [9.17, 15) is 9.59 Å². The highest BCUT2D eigenvalue weighted by Crippen LogP contribution is 2.19. The number of carboxylic acid groups (broad SMARTS) is 1. The van der Waals surface area contributed by atoms with Crippen molar-refractivity contribution in [1.29, 1.82) is 0 Å². The molecular formula is C16H26N2O3. The smallest absolute Gasteiger partial charge is 0.348 e. The fourth-order valence-electron chi connectivity index (χ4n) is 2.75. The van der Waals surface area contributed by atoms with Crippen molar-refractivity contribution in [2.45, 2.75) is 72.3 Å². The van der Waals surface area contributed by atoms with E-state index in [4.69, 9.17) is 5.11 Å². The molecule has 0 spiro atoms. The number of carbonyl (C=O) groups is 1. The zero-order valence-electron chi connectivity index (χ0n) is 13.5. The van der Waals surface area contributed by atoms with Crippen LogP contribution in [0.5, 0.6) is 0 Å². The van der Waals surface area contributed by atoms with Crippen LogP contribution < -0.4 is 5.69 Å². The summed E-state index contributed by atoms with van der Waals surface area (Å²) < 4.78 is 1.72. The summed E-state index contributed by atoms with van der Waals surface area (Å²) in [6, 6.07) is 0.0979. The highest BCUT2D eigenvalue weighted by molar-refractivity contribution is 5.67. The Morgan fingerprint density at radius 2 is 2.00 bits per heavy atom. The average Bonchev–Trinajstić information content (AvgIpc) is 2.37. The Balaban J connectivity index is 3.05. The fraction of sp³-hybridized carbons (Fsp3) is 0.688. The highest BCUT2D eigenvalue weighted by atomic mass is 16.4. The van der Waals surface area contributed by atoms with Crippen LogP contribution in [0.2, 0.25) is 0 Å². The molecule has 1 heterocycles. The van der Waals surface area contributed by atoms with Crippen LogP contribution >= 0.6 is 0 Å². The Morgan fingerprint density at radius 1 is 1.33 bits per heavy atom. The Hall–Kier alpha value is -1.65. The lowest BCUT2D eigenvalue weighted by molar-refractivity contribution is -0.136. The standard InChI is InChI=1S/C16H26N2O3/c1-5-6-7-8-11(2)18-13(4)14(9-10-15(19)20)12(3)17-16(18)21/h11H,5-10H2,1-4H3,(H,19,20). The van der Waals surface area contributed by atoms with Crippen molar-refractivity contribution in [3.8, 4) is 0 Å². The van der Waals surface area contributed by atoms with Crippen LogP contribution in [-0.4, -0.2) is 20.6 Å². The predicted octanol–water partition coefficient (Wildman–Crippen LogP) is 3.02. The van der Waals surface area contributed by atoms with Crippen LogP contribution in [-0.2, 0) is 11.2 Å². The lowest BCUT2D eigenvalue weighted by Crippen LogP contribution is -2.30. The molecule has 1 unspecified atom stereocenters. The molecule has 0 aliphatic carbocycles. The van der Waals surface area contributed by atoms with E-state index in [2.05, 4.69) is 11.9 Å². The van der Waals surface area contributed by atoms with Gasteiger partial charge in [0.1, 0.15) is 0 Å². The minimum atomic E-state index is -0.831. The fourth-order valence-corrected chi connectivity index (χ4v) is 2.75. The van der Waals surface area contributed by atoms with Gasteiger partial charge in [-0.25, -0.2) is 4.79 Å². The zero-order valence-corrected chi connectivity index (χ0v) is 13.5. The van der Waals surface area contributed by atoms with E-state index in [1.54, 1.807) is 11.5 Å². The van der Waals surface area contributed by atoms with Gasteiger partial charge >= 0.3 is 11.7 Å². The molecule has 0 fully saturated rings. The van der Waals surface area contributed by atoms with Gasteiger partial charge in [0.05, 0.1) is 0 Å². The minimum absolute atomic E-state index is 0.0613. The van der Waals surface area contributed by atoms with Crippen molar-refractivity contribution in [2.24, 2.45) is 0 Å². The van der Waals surface area contributed by atoms with Gasteiger partial charge in [-0.15, -0.1) is 0 Å². The van der Waals surface area contributed by atoms with Crippen molar-refractivity contribution in [3.05, 3.63) is 27.4 Å². The third-order valence-corrected chi connectivity index (χ3v) is 3.96. The van der Waals surface area contributed by atoms with E-state index < -0.39 is 5.97 Å². The van der Waals surface area contributed by atoms with Crippen LogP contribution in [0.25, 0.3) is 0 Å². The maximum absolute atomic E-state index is 12.2. The molecule has 118 valence electrons. The van der Waals surface area contributed by atoms with Gasteiger partial charge in [-0.2, -0.15) is 4.98 Å². The molecule has 1 rings (SSSR count). The minimum Gasteiger partial charge on any atom is -0.481 e. The van der Waals surface area contributed by atoms with E-state index >= 15 is 0 Å². The van der Waals surface area contributed by atoms with Crippen LogP contribution in [0.4, 0.5) is 0 Å². The summed E-state index contributed by atoms with van der Waals surface area (Å²) in [4.78, 5) is 27.0. The quantitative estimate of drug-likeness (QED) is 0.748. The predicted molar refractivity (Wildman–Crippen MR) is 82.8 cm³/mol. The number of aryl methyl sites for hydroxylation is 1. The third kappa shape index (κ3) is 4.69. The Kier molecular flexibility index (Phi) is 6.59. The van der Waals surface area contributed by atoms with E-state index in [-0.39, 0.29) is 18.2 Å². The van der Waals surface area contributed by atoms with Gasteiger partial charge in [-0.05, 0) is 39.2 Å². The molecule has 0 aromatic carbocycles. The summed E-state index contributed by atoms with van der Waals surface area (Å²) in [6.07, 6.45) is 4.81. The highest BCUT2D eigenvalue weighted by Gasteiger charge is 2.16. The molecule has 0 saturated heterocycles. The lowest BCUT2D eigenvalue weighted by atomic mass is 10.0. The first-order valence-corrected chi connectivity index (χ1v) is 7.68. The van der Waals surface area contributed by atoms with E-state index in [1.165, 1.54) is 0 Å². The van der Waals surface area contributed by atoms with E-state index in [1.807, 2.05) is 13.8 Å². The molecule has 0 amide bonds. The molecule has 21 heavy (non-hydrogen) atoms. The summed E-state index contributed by atoms with van der Waals surface area (Å²) in [5, 5.41) is 8.84. The number of carboxylic acids is 1. The molecule has 0 aliphatic heterocycles. The molecular weight excluding hydrogens is 268 g/mol. The summed E-state index contributed by atoms with van der Waals surface area (Å²) in [6.45, 7) is 7.85. The monoisotopic (exact) mass is 294 g/mol. The molecule has 1 atom stereocenters. The maximum Gasteiger partial charge on any atom is 0.348 e. The molecule has 0 saturated carbocycles. The normalized spacial score (nSPS) is 12.4. The molecule has 0 bridgehead atoms. The lowest BCUT2D eigenvalue weighted by Gasteiger charge is -2.20. The first-order valence-electron chi connectivity index (χ1n) is 7.68. The first-order chi connectivity index (χ1) is 9.88. The van der Waals surface area contributed by atoms with Gasteiger partial charge in [0.2, 0.25) is 0 Å². The van der Waals surface area contributed by atoms with Gasteiger partial charge < -0.3 is 5.11 Å². The number of hydrogen-bond donors (Lipinski definition) is 1. The largest absolute Gasteiger partial charge is 0.481 e. The Bertz CT molecular complexity index is 549. The van der Waals surface area contributed by atoms with Crippen LogP contribution in [0.3, 0.4) is 0 Å². The van der Waals surface area contributed by atoms with E-state index in [0.29, 0.717) is 12.1 Å². The molecule has 1 aromatic rings. The number of unbranched alkanes of at least 4 members (excludes halogenated alkanes) is 2. The number of aromatic nitrogens is 2. The second-order valence-corrected chi connectivity index (χ2v) is 5.65. The van der Waals surface area contributed by atoms with Gasteiger partial charge in [0.25, 0.3) is 0 Å². The summed E-state index contributed by atoms with van der Waals surface area (Å²) >= 11 is 0. The number of rotatable bonds is 8. The van der Waals surface area contributed by atoms with Crippen molar-refractivity contribution in [2.75, 3.05) is 0 Å². The van der Waals surface area contributed by atoms with Gasteiger partial charge in [0.15, 0.2) is 0 Å². The molecule has 1 aromatic heterocycles. The first kappa shape index (κ1) is 17.4. The third-order valence-electron chi connectivity index (χ3n) is 3.96. The van der Waals surface area contributed by atoms with Crippen LogP contribution in [0.15, 0.2) is 4.79 Å². The summed E-state index contributed by atoms with van der Waals surface area (Å²) in [5.41, 5.74) is 2.17. The number of nitrogens with zero attached hydrogens (tertiary/aromatic N) is 2. The van der Waals surface area contributed by atoms with E-state index in [0.717, 1.165) is 36.9 Å². The van der Waals surface area contributed by atoms with Crippen molar-refractivity contribution >= 4 is 5.97 Å². The summed E-state index contributed by atoms with van der Waals surface area (Å²) in [5.74, 6) is -0.831. The van der Waals surface area contributed by atoms with Crippen molar-refractivity contribution in [1.82, 2.24) is 9.55 Å². The number of aliphatic carboxylic acids is 1. The number of hydrogen-bond acceptors (Lipinski definition) is 3. The second-order valence-electron chi connectivity index (χ2n) is 5.65. The Labute approximate surface area is 126 Å². The SMILES string of the molecule is CCCCCC(C)n1c(C)c(CCC(=O)O)c(C)nc1=O. The van der Waals surface area contributed by atoms with Crippen LogP contribution in [0, 0.1) is 13.8 Å². The Morgan fingerprint density at radius 3 is 2.57 bits per heavy atom. The second kappa shape index (κ2) is 7.96. The average molecular weight is 294 g/mol. The maximum atomic E-state index is 12.2. The van der Waals surface area contributed by atoms with Crippen LogP contribution in [0.1, 0.15) is 68.9 Å². The van der Waals surface area contributed by atoms with Crippen molar-refractivity contribution < 1.29 is 9.90 Å². The van der Waals surface area contributed by atoms with Gasteiger partial charge in [-0.3, -0.25) is 9.36 Å².